The molecule has 0 unspecified atom stereocenters. The molecule has 0 aromatic carbocycles. The van der Waals surface area contributed by atoms with E-state index in [1.54, 1.807) is 0 Å². The molecule has 0 bridgehead atoms. The van der Waals surface area contributed by atoms with Crippen molar-refractivity contribution >= 4 is 11.9 Å². The molecule has 2 N–H and O–H groups in total. The van der Waals surface area contributed by atoms with E-state index in [0.29, 0.717) is 12.3 Å². The fraction of sp³-hybridized carbons (Fsp3) is 0.867. The number of carboxylic acids is 1. The summed E-state index contributed by atoms with van der Waals surface area (Å²) >= 11 is 0. The Labute approximate surface area is 115 Å². The lowest BCUT2D eigenvalue weighted by Crippen LogP contribution is -2.47. The predicted molar refractivity (Wildman–Crippen MR) is 72.6 cm³/mol. The van der Waals surface area contributed by atoms with Gasteiger partial charge in [0, 0.05) is 6.04 Å². The summed E-state index contributed by atoms with van der Waals surface area (Å²) in [5.74, 6) is -1.11. The van der Waals surface area contributed by atoms with Gasteiger partial charge in [0.15, 0.2) is 0 Å². The Morgan fingerprint density at radius 3 is 2.16 bits per heavy atom. The number of carboxylic acid groups (broad SMARTS) is 1. The Hall–Kier alpha value is -1.06. The number of carbonyl (C=O) groups excluding carboxylic acids is 1. The van der Waals surface area contributed by atoms with Crippen LogP contribution in [0.3, 0.4) is 0 Å². The van der Waals surface area contributed by atoms with E-state index in [9.17, 15) is 14.7 Å². The topological polar surface area (TPSA) is 66.4 Å². The molecule has 0 aliphatic heterocycles. The van der Waals surface area contributed by atoms with E-state index >= 15 is 0 Å². The van der Waals surface area contributed by atoms with Crippen LogP contribution in [0.2, 0.25) is 0 Å². The van der Waals surface area contributed by atoms with Gasteiger partial charge < -0.3 is 10.4 Å². The molecule has 2 rings (SSSR count). The minimum absolute atomic E-state index is 0.0224. The standard InChI is InChI=1S/C15H25NO3/c1-10-6-2-5-9-13(10)16-14(17)11-7-3-4-8-12(11)15(18)19/h10-13H,2-9H2,1H3,(H,16,17)(H,18,19)/t10-,11+,12-,13+/m0/s1. The number of hydrogen-bond donors (Lipinski definition) is 2. The van der Waals surface area contributed by atoms with Gasteiger partial charge in [-0.25, -0.2) is 0 Å². The summed E-state index contributed by atoms with van der Waals surface area (Å²) in [7, 11) is 0. The van der Waals surface area contributed by atoms with Crippen molar-refractivity contribution in [2.75, 3.05) is 0 Å². The molecule has 2 aliphatic rings. The number of aliphatic carboxylic acids is 1. The minimum atomic E-state index is -0.809. The molecule has 2 fully saturated rings. The summed E-state index contributed by atoms with van der Waals surface area (Å²) in [6.45, 7) is 2.18. The van der Waals surface area contributed by atoms with Gasteiger partial charge in [0.05, 0.1) is 11.8 Å². The molecule has 0 saturated heterocycles. The Balaban J connectivity index is 1.95. The van der Waals surface area contributed by atoms with Crippen molar-refractivity contribution in [3.05, 3.63) is 0 Å². The van der Waals surface area contributed by atoms with E-state index in [-0.39, 0.29) is 17.9 Å². The molecular formula is C15H25NO3. The summed E-state index contributed by atoms with van der Waals surface area (Å²) in [5, 5.41) is 12.4. The zero-order valence-corrected chi connectivity index (χ0v) is 11.7. The van der Waals surface area contributed by atoms with Crippen molar-refractivity contribution in [3.63, 3.8) is 0 Å². The highest BCUT2D eigenvalue weighted by Gasteiger charge is 2.37. The molecule has 0 aromatic rings. The van der Waals surface area contributed by atoms with Crippen molar-refractivity contribution in [2.24, 2.45) is 17.8 Å². The summed E-state index contributed by atoms with van der Waals surface area (Å²) in [6.07, 6.45) is 7.90. The van der Waals surface area contributed by atoms with Crippen LogP contribution in [-0.2, 0) is 9.59 Å². The number of rotatable bonds is 3. The van der Waals surface area contributed by atoms with Gasteiger partial charge in [-0.05, 0) is 31.6 Å². The maximum Gasteiger partial charge on any atom is 0.307 e. The Morgan fingerprint density at radius 2 is 1.53 bits per heavy atom. The average Bonchev–Trinajstić information content (AvgIpc) is 2.41. The van der Waals surface area contributed by atoms with Gasteiger partial charge in [0.2, 0.25) is 5.91 Å². The second-order valence-corrected chi connectivity index (χ2v) is 6.21. The van der Waals surface area contributed by atoms with Crippen LogP contribution in [0.15, 0.2) is 0 Å². The lowest BCUT2D eigenvalue weighted by Gasteiger charge is -2.33. The van der Waals surface area contributed by atoms with Gasteiger partial charge in [-0.1, -0.05) is 32.6 Å². The monoisotopic (exact) mass is 267 g/mol. The smallest absolute Gasteiger partial charge is 0.307 e. The maximum absolute atomic E-state index is 12.4. The van der Waals surface area contributed by atoms with Crippen LogP contribution >= 0.6 is 0 Å². The predicted octanol–water partition coefficient (Wildman–Crippen LogP) is 2.57. The normalized spacial score (nSPS) is 35.6. The summed E-state index contributed by atoms with van der Waals surface area (Å²) < 4.78 is 0. The molecule has 2 aliphatic carbocycles. The fourth-order valence-corrected chi connectivity index (χ4v) is 3.56. The first kappa shape index (κ1) is 14.4. The first-order valence-corrected chi connectivity index (χ1v) is 7.62. The fourth-order valence-electron chi connectivity index (χ4n) is 3.56. The van der Waals surface area contributed by atoms with E-state index < -0.39 is 11.9 Å². The van der Waals surface area contributed by atoms with E-state index in [1.165, 1.54) is 12.8 Å². The third-order valence-electron chi connectivity index (χ3n) is 4.86. The van der Waals surface area contributed by atoms with E-state index in [1.807, 2.05) is 0 Å². The van der Waals surface area contributed by atoms with Crippen molar-refractivity contribution in [1.82, 2.24) is 5.32 Å². The Morgan fingerprint density at radius 1 is 0.947 bits per heavy atom. The lowest BCUT2D eigenvalue weighted by molar-refractivity contribution is -0.149. The molecule has 0 aromatic heterocycles. The second kappa shape index (κ2) is 6.40. The largest absolute Gasteiger partial charge is 0.481 e. The SMILES string of the molecule is C[C@H]1CCCC[C@H]1NC(=O)[C@@H]1CCCC[C@@H]1C(=O)O. The van der Waals surface area contributed by atoms with E-state index in [0.717, 1.165) is 32.1 Å². The lowest BCUT2D eigenvalue weighted by atomic mass is 9.78. The molecule has 108 valence electrons. The van der Waals surface area contributed by atoms with Gasteiger partial charge in [0.25, 0.3) is 0 Å². The quantitative estimate of drug-likeness (QED) is 0.826. The molecule has 2 saturated carbocycles. The zero-order valence-electron chi connectivity index (χ0n) is 11.7. The average molecular weight is 267 g/mol. The molecular weight excluding hydrogens is 242 g/mol. The summed E-state index contributed by atoms with van der Waals surface area (Å²) in [4.78, 5) is 23.6. The van der Waals surface area contributed by atoms with Crippen molar-refractivity contribution in [2.45, 2.75) is 64.3 Å². The van der Waals surface area contributed by atoms with Crippen LogP contribution in [0.5, 0.6) is 0 Å². The first-order valence-electron chi connectivity index (χ1n) is 7.62. The molecule has 4 nitrogen and oxygen atoms in total. The molecule has 0 radical (unpaired) electrons. The van der Waals surface area contributed by atoms with Crippen molar-refractivity contribution in [3.8, 4) is 0 Å². The van der Waals surface area contributed by atoms with Crippen LogP contribution in [-0.4, -0.2) is 23.0 Å². The van der Waals surface area contributed by atoms with Gasteiger partial charge in [-0.2, -0.15) is 0 Å². The highest BCUT2D eigenvalue weighted by Crippen LogP contribution is 2.31. The molecule has 4 heteroatoms. The van der Waals surface area contributed by atoms with E-state index in [2.05, 4.69) is 12.2 Å². The van der Waals surface area contributed by atoms with Crippen LogP contribution in [0.1, 0.15) is 58.3 Å². The number of amides is 1. The van der Waals surface area contributed by atoms with Gasteiger partial charge >= 0.3 is 5.97 Å². The summed E-state index contributed by atoms with van der Waals surface area (Å²) in [5.41, 5.74) is 0. The molecule has 0 heterocycles. The number of carbonyl (C=O) groups is 2. The number of nitrogens with one attached hydrogen (secondary N) is 1. The minimum Gasteiger partial charge on any atom is -0.481 e. The van der Waals surface area contributed by atoms with Crippen LogP contribution in [0.25, 0.3) is 0 Å². The Kier molecular flexibility index (Phi) is 4.83. The zero-order chi connectivity index (χ0) is 13.8. The molecule has 1 amide bonds. The second-order valence-electron chi connectivity index (χ2n) is 6.21. The Bertz CT molecular complexity index is 342. The van der Waals surface area contributed by atoms with Crippen LogP contribution in [0, 0.1) is 17.8 Å². The highest BCUT2D eigenvalue weighted by atomic mass is 16.4. The van der Waals surface area contributed by atoms with Gasteiger partial charge in [0.1, 0.15) is 0 Å². The molecule has 19 heavy (non-hydrogen) atoms. The molecule has 0 spiro atoms. The first-order chi connectivity index (χ1) is 9.09. The number of hydrogen-bond acceptors (Lipinski definition) is 2. The molecule has 4 atom stereocenters. The van der Waals surface area contributed by atoms with Crippen molar-refractivity contribution < 1.29 is 14.7 Å². The van der Waals surface area contributed by atoms with Crippen LogP contribution in [0.4, 0.5) is 0 Å². The van der Waals surface area contributed by atoms with Crippen LogP contribution < -0.4 is 5.32 Å². The van der Waals surface area contributed by atoms with E-state index in [4.69, 9.17) is 0 Å². The van der Waals surface area contributed by atoms with Gasteiger partial charge in [-0.15, -0.1) is 0 Å². The summed E-state index contributed by atoms with van der Waals surface area (Å²) in [6, 6.07) is 0.248. The highest BCUT2D eigenvalue weighted by molar-refractivity contribution is 5.85. The van der Waals surface area contributed by atoms with Gasteiger partial charge in [-0.3, -0.25) is 9.59 Å². The third kappa shape index (κ3) is 3.48. The van der Waals surface area contributed by atoms with Crippen molar-refractivity contribution in [1.29, 1.82) is 0 Å². The third-order valence-corrected chi connectivity index (χ3v) is 4.86. The maximum atomic E-state index is 12.4.